The Hall–Kier alpha value is -0.741. The van der Waals surface area contributed by atoms with E-state index in [1.54, 1.807) is 0 Å². The number of carboxylic acid groups (broad SMARTS) is 2. The number of carboxylic acids is 2. The van der Waals surface area contributed by atoms with E-state index in [1.165, 1.54) is 116 Å². The number of fused-ring (bicyclic) bond motifs is 2. The van der Waals surface area contributed by atoms with E-state index in [1.807, 2.05) is 0 Å². The minimum absolute atomic E-state index is 0. The van der Waals surface area contributed by atoms with Gasteiger partial charge in [0.1, 0.15) is 0 Å². The second-order valence-corrected chi connectivity index (χ2v) is 15.1. The average molecular weight is 719 g/mol. The van der Waals surface area contributed by atoms with Crippen molar-refractivity contribution in [1.82, 2.24) is 26.6 Å². The monoisotopic (exact) mass is 719 g/mol. The van der Waals surface area contributed by atoms with E-state index in [2.05, 4.69) is 26.6 Å². The number of carbonyl (C=O) groups is 2. The zero-order valence-electron chi connectivity index (χ0n) is 30.3. The van der Waals surface area contributed by atoms with Crippen LogP contribution in [0.2, 0.25) is 0 Å². The fourth-order valence-corrected chi connectivity index (χ4v) is 8.61. The zero-order valence-corrected chi connectivity index (χ0v) is 31.4. The molecule has 1 radical (unpaired) electrons. The van der Waals surface area contributed by atoms with Crippen LogP contribution in [0.1, 0.15) is 154 Å². The van der Waals surface area contributed by atoms with Crippen molar-refractivity contribution in [3.8, 4) is 0 Å². The van der Waals surface area contributed by atoms with Gasteiger partial charge in [-0.15, -0.1) is 0 Å². The maximum atomic E-state index is 10.2. The number of hydrogen-bond acceptors (Lipinski definition) is 7. The SMILES string of the molecule is C1CC[C@H]2NCCN[C@@H]3CCCC[C@H]3NCCNCCN[C@@H]2C1.O=C(O)CCCC1CCCCC1.O=C(O)CCCC1CCCCC1.[Mn]. The molecule has 0 aromatic heterocycles. The van der Waals surface area contributed by atoms with Crippen LogP contribution in [-0.4, -0.2) is 85.6 Å². The molecule has 48 heavy (non-hydrogen) atoms. The number of nitrogens with one attached hydrogen (secondary N) is 5. The molecule has 0 aromatic carbocycles. The molecule has 5 aliphatic rings. The van der Waals surface area contributed by atoms with Crippen LogP contribution in [0.15, 0.2) is 0 Å². The van der Waals surface area contributed by atoms with Crippen molar-refractivity contribution >= 4 is 11.9 Å². The smallest absolute Gasteiger partial charge is 0.303 e. The van der Waals surface area contributed by atoms with Gasteiger partial charge < -0.3 is 36.8 Å². The molecule has 4 atom stereocenters. The Morgan fingerprint density at radius 2 is 0.729 bits per heavy atom. The molecular weight excluding hydrogens is 645 g/mol. The average Bonchev–Trinajstić information content (AvgIpc) is 3.09. The molecule has 5 rings (SSSR count). The molecule has 4 saturated carbocycles. The third kappa shape index (κ3) is 20.2. The van der Waals surface area contributed by atoms with Gasteiger partial charge in [0, 0.05) is 93.3 Å². The molecule has 0 unspecified atom stereocenters. The van der Waals surface area contributed by atoms with Crippen LogP contribution in [0.3, 0.4) is 0 Å². The van der Waals surface area contributed by atoms with Crippen LogP contribution in [0.4, 0.5) is 0 Å². The second-order valence-electron chi connectivity index (χ2n) is 15.1. The van der Waals surface area contributed by atoms with Gasteiger partial charge in [-0.3, -0.25) is 9.59 Å². The molecular formula is C38H73MnN5O4. The largest absolute Gasteiger partial charge is 0.481 e. The normalized spacial score (nSPS) is 28.2. The molecule has 1 aliphatic heterocycles. The van der Waals surface area contributed by atoms with Crippen LogP contribution in [0.25, 0.3) is 0 Å². The van der Waals surface area contributed by atoms with Gasteiger partial charge in [-0.2, -0.15) is 0 Å². The van der Waals surface area contributed by atoms with E-state index in [-0.39, 0.29) is 17.1 Å². The van der Waals surface area contributed by atoms with Gasteiger partial charge in [-0.05, 0) is 63.2 Å². The molecule has 0 spiro atoms. The van der Waals surface area contributed by atoms with Crippen molar-refractivity contribution in [1.29, 1.82) is 0 Å². The minimum atomic E-state index is -0.647. The van der Waals surface area contributed by atoms with Crippen molar-refractivity contribution in [2.75, 3.05) is 39.3 Å². The van der Waals surface area contributed by atoms with E-state index in [0.29, 0.717) is 37.0 Å². The predicted molar refractivity (Wildman–Crippen MR) is 193 cm³/mol. The topological polar surface area (TPSA) is 135 Å². The summed E-state index contributed by atoms with van der Waals surface area (Å²) in [5.41, 5.74) is 0. The second kappa shape index (κ2) is 27.9. The third-order valence-electron chi connectivity index (χ3n) is 11.3. The van der Waals surface area contributed by atoms with Gasteiger partial charge in [-0.1, -0.05) is 89.9 Å². The summed E-state index contributed by atoms with van der Waals surface area (Å²) in [7, 11) is 0. The van der Waals surface area contributed by atoms with Crippen LogP contribution in [0, 0.1) is 11.8 Å². The molecule has 281 valence electrons. The van der Waals surface area contributed by atoms with Crippen LogP contribution in [0.5, 0.6) is 0 Å². The molecule has 1 heterocycles. The molecule has 5 fully saturated rings. The summed E-state index contributed by atoms with van der Waals surface area (Å²) < 4.78 is 0. The Morgan fingerprint density at radius 1 is 0.438 bits per heavy atom. The molecule has 7 N–H and O–H groups in total. The quantitative estimate of drug-likeness (QED) is 0.146. The van der Waals surface area contributed by atoms with Crippen LogP contribution < -0.4 is 26.6 Å². The molecule has 0 amide bonds. The minimum Gasteiger partial charge on any atom is -0.481 e. The van der Waals surface area contributed by atoms with E-state index in [9.17, 15) is 9.59 Å². The molecule has 0 bridgehead atoms. The first-order valence-electron chi connectivity index (χ1n) is 20.1. The molecule has 4 aliphatic carbocycles. The van der Waals surface area contributed by atoms with Crippen molar-refractivity contribution in [3.05, 3.63) is 0 Å². The standard InChI is InChI=1S/C18H37N5.2C10H18O2.Mn/c1-3-7-17-15(5-1)20-11-9-19-10-12-21-16-6-2-4-8-18(16)23-14-13-22-17;2*11-10(12)8-4-7-9-5-2-1-3-6-9;/h15-23H,1-14H2;2*9H,1-8H2,(H,11,12);/t15-,16-,17-,18-;;;/m1.../s1. The van der Waals surface area contributed by atoms with Crippen molar-refractivity contribution in [2.45, 2.75) is 178 Å². The molecule has 9 nitrogen and oxygen atoms in total. The Bertz CT molecular complexity index is 748. The third-order valence-corrected chi connectivity index (χ3v) is 11.3. The zero-order chi connectivity index (χ0) is 33.4. The van der Waals surface area contributed by atoms with E-state index < -0.39 is 11.9 Å². The van der Waals surface area contributed by atoms with E-state index in [4.69, 9.17) is 10.2 Å². The van der Waals surface area contributed by atoms with Gasteiger partial charge in [0.15, 0.2) is 0 Å². The fourth-order valence-electron chi connectivity index (χ4n) is 8.61. The van der Waals surface area contributed by atoms with E-state index >= 15 is 0 Å². The Morgan fingerprint density at radius 3 is 1.04 bits per heavy atom. The maximum Gasteiger partial charge on any atom is 0.303 e. The number of aliphatic carboxylic acids is 2. The number of hydrogen-bond donors (Lipinski definition) is 7. The predicted octanol–water partition coefficient (Wildman–Crippen LogP) is 6.21. The van der Waals surface area contributed by atoms with Crippen LogP contribution >= 0.6 is 0 Å². The van der Waals surface area contributed by atoms with Crippen LogP contribution in [-0.2, 0) is 26.7 Å². The van der Waals surface area contributed by atoms with Crippen molar-refractivity contribution < 1.29 is 36.9 Å². The first kappa shape index (κ1) is 43.4. The van der Waals surface area contributed by atoms with E-state index in [0.717, 1.165) is 76.8 Å². The first-order chi connectivity index (χ1) is 23.0. The summed E-state index contributed by atoms with van der Waals surface area (Å²) >= 11 is 0. The van der Waals surface area contributed by atoms with Gasteiger partial charge in [0.25, 0.3) is 0 Å². The van der Waals surface area contributed by atoms with Gasteiger partial charge in [0.05, 0.1) is 0 Å². The summed E-state index contributed by atoms with van der Waals surface area (Å²) in [4.78, 5) is 20.5. The molecule has 10 heteroatoms. The van der Waals surface area contributed by atoms with Crippen molar-refractivity contribution in [2.24, 2.45) is 11.8 Å². The summed E-state index contributed by atoms with van der Waals surface area (Å²) in [6.07, 6.45) is 29.1. The maximum absolute atomic E-state index is 10.2. The van der Waals surface area contributed by atoms with Crippen molar-refractivity contribution in [3.63, 3.8) is 0 Å². The van der Waals surface area contributed by atoms with Gasteiger partial charge >= 0.3 is 11.9 Å². The molecule has 0 aromatic rings. The first-order valence-corrected chi connectivity index (χ1v) is 20.1. The summed E-state index contributed by atoms with van der Waals surface area (Å²) in [5.74, 6) is 0.368. The Labute approximate surface area is 303 Å². The summed E-state index contributed by atoms with van der Waals surface area (Å²) in [6.45, 7) is 6.55. The summed E-state index contributed by atoms with van der Waals surface area (Å²) in [5, 5.41) is 35.7. The van der Waals surface area contributed by atoms with Gasteiger partial charge in [-0.25, -0.2) is 0 Å². The molecule has 1 saturated heterocycles. The summed E-state index contributed by atoms with van der Waals surface area (Å²) in [6, 6.07) is 2.65. The number of rotatable bonds is 8. The Kier molecular flexibility index (Phi) is 25.3. The fraction of sp³-hybridized carbons (Fsp3) is 0.947. The van der Waals surface area contributed by atoms with Gasteiger partial charge in [0.2, 0.25) is 0 Å². The Balaban J connectivity index is 0.000000272.